The van der Waals surface area contributed by atoms with Crippen LogP contribution in [0.15, 0.2) is 40.9 Å². The van der Waals surface area contributed by atoms with E-state index in [0.717, 1.165) is 0 Å². The van der Waals surface area contributed by atoms with E-state index in [1.54, 1.807) is 18.2 Å². The van der Waals surface area contributed by atoms with Gasteiger partial charge in [-0.25, -0.2) is 4.39 Å². The summed E-state index contributed by atoms with van der Waals surface area (Å²) in [6, 6.07) is 8.91. The maximum atomic E-state index is 13.6. The van der Waals surface area contributed by atoms with Crippen LogP contribution in [0.4, 0.5) is 15.8 Å². The van der Waals surface area contributed by atoms with Crippen LogP contribution in [-0.4, -0.2) is 5.91 Å². The molecule has 2 aromatic carbocycles. The zero-order valence-electron chi connectivity index (χ0n) is 9.58. The molecule has 98 valence electrons. The summed E-state index contributed by atoms with van der Waals surface area (Å²) in [5.74, 6) is -1.06. The number of hydrogen-bond donors (Lipinski definition) is 2. The number of halogens is 3. The topological polar surface area (TPSA) is 55.1 Å². The van der Waals surface area contributed by atoms with Gasteiger partial charge in [0.25, 0.3) is 5.91 Å². The lowest BCUT2D eigenvalue weighted by atomic mass is 10.2. The fraction of sp³-hybridized carbons (Fsp3) is 0. The van der Waals surface area contributed by atoms with Gasteiger partial charge in [0, 0.05) is 9.50 Å². The number of anilines is 2. The Hall–Kier alpha value is -1.59. The number of nitrogens with two attached hydrogens (primary N) is 1. The highest BCUT2D eigenvalue weighted by Crippen LogP contribution is 2.25. The third kappa shape index (κ3) is 3.05. The first-order valence-electron chi connectivity index (χ1n) is 5.29. The number of carbonyl (C=O) groups excluding carboxylic acids is 1. The monoisotopic (exact) mass is 342 g/mol. The molecule has 0 saturated heterocycles. The summed E-state index contributed by atoms with van der Waals surface area (Å²) in [6.07, 6.45) is 0. The Morgan fingerprint density at radius 3 is 2.68 bits per heavy atom. The number of hydrogen-bond acceptors (Lipinski definition) is 2. The average Bonchev–Trinajstić information content (AvgIpc) is 2.33. The SMILES string of the molecule is Nc1cccc(F)c1NC(=O)c1ccc(Cl)cc1Br. The first kappa shape index (κ1) is 13.8. The summed E-state index contributed by atoms with van der Waals surface area (Å²) in [5, 5.41) is 2.94. The van der Waals surface area contributed by atoms with Gasteiger partial charge in [-0.1, -0.05) is 17.7 Å². The Balaban J connectivity index is 2.31. The van der Waals surface area contributed by atoms with E-state index in [1.807, 2.05) is 0 Å². The molecule has 2 aromatic rings. The Bertz CT molecular complexity index is 628. The molecule has 0 radical (unpaired) electrons. The normalized spacial score (nSPS) is 10.3. The van der Waals surface area contributed by atoms with Gasteiger partial charge in [0.15, 0.2) is 0 Å². The second kappa shape index (κ2) is 5.59. The molecule has 1 amide bonds. The molecule has 0 aliphatic carbocycles. The van der Waals surface area contributed by atoms with Gasteiger partial charge in [-0.05, 0) is 46.3 Å². The fourth-order valence-electron chi connectivity index (χ4n) is 1.53. The molecule has 0 unspecified atom stereocenters. The first-order chi connectivity index (χ1) is 8.99. The highest BCUT2D eigenvalue weighted by molar-refractivity contribution is 9.10. The number of rotatable bonds is 2. The summed E-state index contributed by atoms with van der Waals surface area (Å²) in [7, 11) is 0. The maximum Gasteiger partial charge on any atom is 0.256 e. The molecule has 0 aliphatic rings. The first-order valence-corrected chi connectivity index (χ1v) is 6.46. The Morgan fingerprint density at radius 2 is 2.05 bits per heavy atom. The van der Waals surface area contributed by atoms with Crippen LogP contribution >= 0.6 is 27.5 Å². The second-order valence-electron chi connectivity index (χ2n) is 3.78. The van der Waals surface area contributed by atoms with Crippen molar-refractivity contribution in [3.8, 4) is 0 Å². The molecule has 3 nitrogen and oxygen atoms in total. The van der Waals surface area contributed by atoms with Gasteiger partial charge in [0.1, 0.15) is 11.5 Å². The molecule has 0 bridgehead atoms. The molecule has 0 spiro atoms. The van der Waals surface area contributed by atoms with Crippen LogP contribution in [0.25, 0.3) is 0 Å². The van der Waals surface area contributed by atoms with Gasteiger partial charge in [-0.2, -0.15) is 0 Å². The molecule has 0 heterocycles. The van der Waals surface area contributed by atoms with Crippen molar-refractivity contribution in [1.29, 1.82) is 0 Å². The zero-order valence-corrected chi connectivity index (χ0v) is 11.9. The summed E-state index contributed by atoms with van der Waals surface area (Å²) >= 11 is 9.02. The van der Waals surface area contributed by atoms with E-state index in [0.29, 0.717) is 15.1 Å². The van der Waals surface area contributed by atoms with Crippen LogP contribution in [0, 0.1) is 5.82 Å². The van der Waals surface area contributed by atoms with Crippen molar-refractivity contribution in [2.24, 2.45) is 0 Å². The molecule has 6 heteroatoms. The van der Waals surface area contributed by atoms with E-state index in [-0.39, 0.29) is 11.4 Å². The predicted octanol–water partition coefficient (Wildman–Crippen LogP) is 4.08. The second-order valence-corrected chi connectivity index (χ2v) is 5.07. The number of nitrogen functional groups attached to an aromatic ring is 1. The quantitative estimate of drug-likeness (QED) is 0.807. The van der Waals surface area contributed by atoms with Gasteiger partial charge < -0.3 is 11.1 Å². The smallest absolute Gasteiger partial charge is 0.256 e. The molecular formula is C13H9BrClFN2O. The van der Waals surface area contributed by atoms with E-state index in [1.165, 1.54) is 18.2 Å². The minimum absolute atomic E-state index is 0.0330. The Labute approximate surface area is 122 Å². The fourth-order valence-corrected chi connectivity index (χ4v) is 2.39. The van der Waals surface area contributed by atoms with Crippen LogP contribution in [0.3, 0.4) is 0 Å². The Morgan fingerprint density at radius 1 is 1.32 bits per heavy atom. The lowest BCUT2D eigenvalue weighted by molar-refractivity contribution is 0.102. The van der Waals surface area contributed by atoms with Crippen LogP contribution in [-0.2, 0) is 0 Å². The molecule has 19 heavy (non-hydrogen) atoms. The lowest BCUT2D eigenvalue weighted by Crippen LogP contribution is -2.15. The van der Waals surface area contributed by atoms with E-state index in [2.05, 4.69) is 21.2 Å². The number of carbonyl (C=O) groups is 1. The van der Waals surface area contributed by atoms with Crippen molar-refractivity contribution in [3.05, 3.63) is 57.3 Å². The van der Waals surface area contributed by atoms with E-state index < -0.39 is 11.7 Å². The lowest BCUT2D eigenvalue weighted by Gasteiger charge is -2.10. The van der Waals surface area contributed by atoms with Gasteiger partial charge in [-0.3, -0.25) is 4.79 Å². The van der Waals surface area contributed by atoms with Crippen molar-refractivity contribution < 1.29 is 9.18 Å². The van der Waals surface area contributed by atoms with Crippen LogP contribution in [0.2, 0.25) is 5.02 Å². The molecule has 0 aliphatic heterocycles. The molecule has 0 fully saturated rings. The van der Waals surface area contributed by atoms with Crippen LogP contribution < -0.4 is 11.1 Å². The summed E-state index contributed by atoms with van der Waals surface area (Å²) in [6.45, 7) is 0. The standard InChI is InChI=1S/C13H9BrClFN2O/c14-9-6-7(15)4-5-8(9)13(19)18-12-10(16)2-1-3-11(12)17/h1-6H,17H2,(H,18,19). The summed E-state index contributed by atoms with van der Waals surface area (Å²) in [4.78, 5) is 12.0. The maximum absolute atomic E-state index is 13.6. The number of amides is 1. The molecule has 3 N–H and O–H groups in total. The van der Waals surface area contributed by atoms with Gasteiger partial charge in [-0.15, -0.1) is 0 Å². The van der Waals surface area contributed by atoms with E-state index >= 15 is 0 Å². The van der Waals surface area contributed by atoms with Crippen LogP contribution in [0.5, 0.6) is 0 Å². The van der Waals surface area contributed by atoms with Crippen molar-refractivity contribution in [1.82, 2.24) is 0 Å². The van der Waals surface area contributed by atoms with Crippen molar-refractivity contribution in [2.75, 3.05) is 11.1 Å². The summed E-state index contributed by atoms with van der Waals surface area (Å²) < 4.78 is 14.1. The predicted molar refractivity (Wildman–Crippen MR) is 77.9 cm³/mol. The average molecular weight is 344 g/mol. The number of nitrogens with one attached hydrogen (secondary N) is 1. The zero-order chi connectivity index (χ0) is 14.0. The third-order valence-corrected chi connectivity index (χ3v) is 3.35. The van der Waals surface area contributed by atoms with Crippen molar-refractivity contribution in [2.45, 2.75) is 0 Å². The van der Waals surface area contributed by atoms with Crippen LogP contribution in [0.1, 0.15) is 10.4 Å². The van der Waals surface area contributed by atoms with Crippen molar-refractivity contribution >= 4 is 44.8 Å². The van der Waals surface area contributed by atoms with Gasteiger partial charge in [0.05, 0.1) is 11.3 Å². The highest BCUT2D eigenvalue weighted by atomic mass is 79.9. The van der Waals surface area contributed by atoms with Gasteiger partial charge >= 0.3 is 0 Å². The van der Waals surface area contributed by atoms with E-state index in [4.69, 9.17) is 17.3 Å². The number of benzene rings is 2. The molecule has 0 aromatic heterocycles. The van der Waals surface area contributed by atoms with Crippen molar-refractivity contribution in [3.63, 3.8) is 0 Å². The molecule has 0 saturated carbocycles. The summed E-state index contributed by atoms with van der Waals surface area (Å²) in [5.41, 5.74) is 6.09. The van der Waals surface area contributed by atoms with E-state index in [9.17, 15) is 9.18 Å². The minimum atomic E-state index is -0.585. The molecular weight excluding hydrogens is 335 g/mol. The minimum Gasteiger partial charge on any atom is -0.397 e. The Kier molecular flexibility index (Phi) is 4.07. The molecule has 2 rings (SSSR count). The largest absolute Gasteiger partial charge is 0.397 e. The third-order valence-electron chi connectivity index (χ3n) is 2.46. The number of para-hydroxylation sites is 1. The van der Waals surface area contributed by atoms with Gasteiger partial charge in [0.2, 0.25) is 0 Å². The highest BCUT2D eigenvalue weighted by Gasteiger charge is 2.14. The molecule has 0 atom stereocenters.